The van der Waals surface area contributed by atoms with Gasteiger partial charge in [-0.15, -0.1) is 0 Å². The molecule has 0 aliphatic heterocycles. The van der Waals surface area contributed by atoms with Crippen molar-refractivity contribution >= 4 is 0 Å². The maximum Gasteiger partial charge on any atom is 0.164 e. The van der Waals surface area contributed by atoms with Gasteiger partial charge in [0.2, 0.25) is 0 Å². The Morgan fingerprint density at radius 3 is 1.62 bits per heavy atom. The first kappa shape index (κ1) is 35.0. The lowest BCUT2D eigenvalue weighted by molar-refractivity contribution is 0.526. The Balaban J connectivity index is 1.15. The van der Waals surface area contributed by atoms with Crippen LogP contribution in [0.25, 0.3) is 56.4 Å². The van der Waals surface area contributed by atoms with Crippen molar-refractivity contribution in [2.24, 2.45) is 5.92 Å². The van der Waals surface area contributed by atoms with E-state index < -0.39 is 5.41 Å². The number of hydrogen-bond donors (Lipinski definition) is 0. The summed E-state index contributed by atoms with van der Waals surface area (Å²) in [7, 11) is 0. The predicted octanol–water partition coefficient (Wildman–Crippen LogP) is 12.6. The molecule has 0 radical (unpaired) electrons. The molecular weight excluding hydrogens is 705 g/mol. The normalized spacial score (nSPS) is 16.2. The van der Waals surface area contributed by atoms with Crippen LogP contribution in [-0.4, -0.2) is 15.0 Å². The zero-order valence-corrected chi connectivity index (χ0v) is 32.0. The van der Waals surface area contributed by atoms with E-state index in [0.29, 0.717) is 23.0 Å². The summed E-state index contributed by atoms with van der Waals surface area (Å²) >= 11 is 0. The summed E-state index contributed by atoms with van der Waals surface area (Å²) in [5, 5.41) is 9.54. The van der Waals surface area contributed by atoms with E-state index in [-0.39, 0.29) is 11.8 Å². The Kier molecular flexibility index (Phi) is 8.77. The molecule has 8 aromatic rings. The smallest absolute Gasteiger partial charge is 0.164 e. The summed E-state index contributed by atoms with van der Waals surface area (Å²) in [5.74, 6) is 2.13. The Labute approximate surface area is 339 Å². The Hall–Kier alpha value is -7.48. The van der Waals surface area contributed by atoms with E-state index in [0.717, 1.165) is 33.4 Å². The van der Waals surface area contributed by atoms with Crippen molar-refractivity contribution in [3.05, 3.63) is 234 Å². The van der Waals surface area contributed by atoms with Gasteiger partial charge < -0.3 is 0 Å². The summed E-state index contributed by atoms with van der Waals surface area (Å²) in [6.45, 7) is 2.35. The molecule has 0 saturated heterocycles. The van der Waals surface area contributed by atoms with Gasteiger partial charge in [0.05, 0.1) is 17.0 Å². The minimum Gasteiger partial charge on any atom is -0.208 e. The van der Waals surface area contributed by atoms with Gasteiger partial charge in [0, 0.05) is 22.6 Å². The van der Waals surface area contributed by atoms with Crippen LogP contribution in [0.4, 0.5) is 0 Å². The van der Waals surface area contributed by atoms with Crippen molar-refractivity contribution < 1.29 is 0 Å². The Morgan fingerprint density at radius 1 is 0.500 bits per heavy atom. The number of aromatic nitrogens is 3. The van der Waals surface area contributed by atoms with Gasteiger partial charge in [0.25, 0.3) is 0 Å². The van der Waals surface area contributed by atoms with Gasteiger partial charge in [-0.2, -0.15) is 5.26 Å². The van der Waals surface area contributed by atoms with Gasteiger partial charge in [0.15, 0.2) is 17.5 Å². The monoisotopic (exact) mass is 742 g/mol. The Bertz CT molecular complexity index is 2860. The number of hydrogen-bond acceptors (Lipinski definition) is 4. The number of rotatable bonds is 7. The van der Waals surface area contributed by atoms with Crippen LogP contribution in [0.2, 0.25) is 0 Å². The molecule has 10 rings (SSSR count). The fourth-order valence-corrected chi connectivity index (χ4v) is 9.15. The third-order valence-corrected chi connectivity index (χ3v) is 11.9. The first-order valence-corrected chi connectivity index (χ1v) is 19.8. The molecule has 0 amide bonds. The van der Waals surface area contributed by atoms with Gasteiger partial charge in [0.1, 0.15) is 0 Å². The van der Waals surface area contributed by atoms with Crippen LogP contribution >= 0.6 is 0 Å². The van der Waals surface area contributed by atoms with E-state index in [1.807, 2.05) is 48.5 Å². The topological polar surface area (TPSA) is 62.5 Å². The molecule has 58 heavy (non-hydrogen) atoms. The van der Waals surface area contributed by atoms with Crippen LogP contribution in [-0.2, 0) is 5.41 Å². The highest BCUT2D eigenvalue weighted by atomic mass is 15.0. The average Bonchev–Trinajstić information content (AvgIpc) is 3.60. The van der Waals surface area contributed by atoms with Crippen LogP contribution < -0.4 is 0 Å². The molecule has 274 valence electrons. The largest absolute Gasteiger partial charge is 0.208 e. The molecule has 0 fully saturated rings. The molecular formula is C54H38N4. The molecule has 4 nitrogen and oxygen atoms in total. The standard InChI is InChI=1S/C54H38N4/c1-36-45(40-28-26-37(35-55)27-29-40)22-13-25-48(36)54(49-23-10-8-20-46(49)47-21-9-11-24-50(47)54)44-19-12-18-43(34-44)53-57-51(41-16-6-3-7-17-41)56-52(58-53)42-32-30-39(31-33-42)38-14-4-2-5-15-38/h2-34,36,45H,1H3. The van der Waals surface area contributed by atoms with Crippen LogP contribution in [0.5, 0.6) is 0 Å². The van der Waals surface area contributed by atoms with Gasteiger partial charge in [-0.1, -0.05) is 189 Å². The maximum atomic E-state index is 9.54. The van der Waals surface area contributed by atoms with Crippen molar-refractivity contribution in [2.45, 2.75) is 18.3 Å². The molecule has 1 heterocycles. The predicted molar refractivity (Wildman–Crippen MR) is 234 cm³/mol. The summed E-state index contributed by atoms with van der Waals surface area (Å²) in [6, 6.07) is 65.9. The zero-order chi connectivity index (χ0) is 39.1. The summed E-state index contributed by atoms with van der Waals surface area (Å²) in [6.07, 6.45) is 6.86. The van der Waals surface area contributed by atoms with Crippen LogP contribution in [0.3, 0.4) is 0 Å². The van der Waals surface area contributed by atoms with Crippen LogP contribution in [0, 0.1) is 17.2 Å². The molecule has 2 atom stereocenters. The van der Waals surface area contributed by atoms with E-state index in [2.05, 4.69) is 165 Å². The quantitative estimate of drug-likeness (QED) is 0.163. The zero-order valence-electron chi connectivity index (χ0n) is 32.0. The molecule has 0 spiro atoms. The fraction of sp³-hybridized carbons (Fsp3) is 0.0741. The average molecular weight is 743 g/mol. The summed E-state index contributed by atoms with van der Waals surface area (Å²) in [4.78, 5) is 15.4. The molecule has 1 aromatic heterocycles. The number of nitriles is 1. The van der Waals surface area contributed by atoms with E-state index >= 15 is 0 Å². The SMILES string of the molecule is CC1C(C2(c3cccc(-c4nc(-c5ccccc5)nc(-c5ccc(-c6ccccc6)cc5)n4)c3)c3ccccc3-c3ccccc32)=CC=CC1c1ccc(C#N)cc1. The highest BCUT2D eigenvalue weighted by molar-refractivity contribution is 5.87. The summed E-state index contributed by atoms with van der Waals surface area (Å²) in [5.41, 5.74) is 13.8. The van der Waals surface area contributed by atoms with Crippen molar-refractivity contribution in [3.63, 3.8) is 0 Å². The lowest BCUT2D eigenvalue weighted by atomic mass is 9.60. The molecule has 0 N–H and O–H groups in total. The molecule has 7 aromatic carbocycles. The van der Waals surface area contributed by atoms with Gasteiger partial charge >= 0.3 is 0 Å². The van der Waals surface area contributed by atoms with Crippen LogP contribution in [0.1, 0.15) is 40.7 Å². The summed E-state index contributed by atoms with van der Waals surface area (Å²) < 4.78 is 0. The minimum absolute atomic E-state index is 0.125. The first-order valence-electron chi connectivity index (χ1n) is 19.8. The number of nitrogens with zero attached hydrogens (tertiary/aromatic N) is 4. The molecule has 0 bridgehead atoms. The lowest BCUT2D eigenvalue weighted by Gasteiger charge is -2.42. The van der Waals surface area contributed by atoms with Gasteiger partial charge in [-0.25, -0.2) is 15.0 Å². The second kappa shape index (κ2) is 14.5. The van der Waals surface area contributed by atoms with E-state index in [4.69, 9.17) is 15.0 Å². The van der Waals surface area contributed by atoms with Crippen molar-refractivity contribution in [2.75, 3.05) is 0 Å². The minimum atomic E-state index is -0.594. The van der Waals surface area contributed by atoms with Crippen LogP contribution in [0.15, 0.2) is 206 Å². The third-order valence-electron chi connectivity index (χ3n) is 11.9. The fourth-order valence-electron chi connectivity index (χ4n) is 9.15. The molecule has 2 unspecified atom stereocenters. The van der Waals surface area contributed by atoms with Crippen molar-refractivity contribution in [1.82, 2.24) is 15.0 Å². The Morgan fingerprint density at radius 2 is 1.00 bits per heavy atom. The van der Waals surface area contributed by atoms with Gasteiger partial charge in [-0.3, -0.25) is 0 Å². The molecule has 0 saturated carbocycles. The van der Waals surface area contributed by atoms with E-state index in [1.165, 1.54) is 33.4 Å². The van der Waals surface area contributed by atoms with E-state index in [1.54, 1.807) is 0 Å². The second-order valence-corrected chi connectivity index (χ2v) is 15.1. The maximum absolute atomic E-state index is 9.54. The second-order valence-electron chi connectivity index (χ2n) is 15.1. The molecule has 4 heteroatoms. The van der Waals surface area contributed by atoms with E-state index in [9.17, 15) is 5.26 Å². The molecule has 2 aliphatic carbocycles. The van der Waals surface area contributed by atoms with Crippen molar-refractivity contribution in [3.8, 4) is 62.5 Å². The highest BCUT2D eigenvalue weighted by Gasteiger charge is 2.49. The number of fused-ring (bicyclic) bond motifs is 3. The number of allylic oxidation sites excluding steroid dienone is 4. The van der Waals surface area contributed by atoms with Crippen molar-refractivity contribution in [1.29, 1.82) is 5.26 Å². The molecule has 2 aliphatic rings. The van der Waals surface area contributed by atoms with Gasteiger partial charge in [-0.05, 0) is 74.2 Å². The lowest BCUT2D eigenvalue weighted by Crippen LogP contribution is -2.35. The first-order chi connectivity index (χ1) is 28.6. The highest BCUT2D eigenvalue weighted by Crippen LogP contribution is 2.59. The number of benzene rings is 7. The third kappa shape index (κ3) is 5.88.